The van der Waals surface area contributed by atoms with Crippen molar-refractivity contribution < 1.29 is 14.4 Å². The first-order valence-electron chi connectivity index (χ1n) is 6.25. The zero-order chi connectivity index (χ0) is 13.7. The molecular weight excluding hydrogens is 287 g/mol. The normalized spacial score (nSPS) is 18.3. The molecule has 1 aromatic rings. The lowest BCUT2D eigenvalue weighted by Crippen LogP contribution is -3.20. The van der Waals surface area contributed by atoms with Crippen LogP contribution in [0.25, 0.3) is 0 Å². The van der Waals surface area contributed by atoms with Gasteiger partial charge in [0, 0.05) is 5.56 Å². The van der Waals surface area contributed by atoms with E-state index in [-0.39, 0.29) is 12.1 Å². The number of ether oxygens (including phenoxy) is 1. The molecule has 0 radical (unpaired) electrons. The average Bonchev–Trinajstić information content (AvgIpc) is 2.46. The van der Waals surface area contributed by atoms with Crippen LogP contribution < -0.4 is 10.2 Å². The fourth-order valence-electron chi connectivity index (χ4n) is 2.10. The van der Waals surface area contributed by atoms with Gasteiger partial charge in [0.2, 0.25) is 0 Å². The van der Waals surface area contributed by atoms with Gasteiger partial charge in [0.15, 0.2) is 11.0 Å². The zero-order valence-corrected chi connectivity index (χ0v) is 12.0. The maximum Gasteiger partial charge on any atom is 0.255 e. The Morgan fingerprint density at radius 3 is 2.42 bits per heavy atom. The highest BCUT2D eigenvalue weighted by Crippen LogP contribution is 2.06. The van der Waals surface area contributed by atoms with Gasteiger partial charge in [0.25, 0.3) is 5.91 Å². The molecule has 0 aromatic heterocycles. The molecule has 0 bridgehead atoms. The lowest BCUT2D eigenvalue weighted by molar-refractivity contribution is -0.933. The van der Waals surface area contributed by atoms with Gasteiger partial charge in [-0.1, -0.05) is 41.4 Å². The van der Waals surface area contributed by atoms with E-state index in [0.29, 0.717) is 18.8 Å². The molecule has 0 spiro atoms. The number of nitrogens with one attached hydrogen (secondary N) is 2. The highest BCUT2D eigenvalue weighted by atomic mass is 35.5. The van der Waals surface area contributed by atoms with Crippen LogP contribution in [0.2, 0.25) is 0 Å². The van der Waals surface area contributed by atoms with Crippen molar-refractivity contribution in [1.82, 2.24) is 5.32 Å². The summed E-state index contributed by atoms with van der Waals surface area (Å²) < 4.78 is 5.30. The van der Waals surface area contributed by atoms with Crippen LogP contribution in [0.3, 0.4) is 0 Å². The van der Waals surface area contributed by atoms with Gasteiger partial charge in [-0.3, -0.25) is 4.79 Å². The molecule has 1 aromatic carbocycles. The number of hydrogen-bond acceptors (Lipinski definition) is 2. The Morgan fingerprint density at radius 1 is 1.21 bits per heavy atom. The van der Waals surface area contributed by atoms with Gasteiger partial charge in [-0.15, -0.1) is 0 Å². The van der Waals surface area contributed by atoms with Gasteiger partial charge in [-0.2, -0.15) is 0 Å². The van der Waals surface area contributed by atoms with Gasteiger partial charge >= 0.3 is 0 Å². The van der Waals surface area contributed by atoms with E-state index in [4.69, 9.17) is 27.9 Å². The summed E-state index contributed by atoms with van der Waals surface area (Å²) in [4.78, 5) is 12.6. The van der Waals surface area contributed by atoms with Crippen molar-refractivity contribution in [2.75, 3.05) is 26.3 Å². The third kappa shape index (κ3) is 4.08. The van der Waals surface area contributed by atoms with Crippen molar-refractivity contribution in [3.63, 3.8) is 0 Å². The largest absolute Gasteiger partial charge is 0.370 e. The zero-order valence-electron chi connectivity index (χ0n) is 10.4. The van der Waals surface area contributed by atoms with Gasteiger partial charge in [-0.25, -0.2) is 0 Å². The topological polar surface area (TPSA) is 42.8 Å². The number of amides is 1. The maximum atomic E-state index is 12.1. The Kier molecular flexibility index (Phi) is 5.45. The molecule has 1 fully saturated rings. The van der Waals surface area contributed by atoms with Crippen molar-refractivity contribution in [2.24, 2.45) is 0 Å². The summed E-state index contributed by atoms with van der Waals surface area (Å²) in [6, 6.07) is 9.04. The van der Waals surface area contributed by atoms with Crippen molar-refractivity contribution in [3.8, 4) is 0 Å². The standard InChI is InChI=1S/C13H16Cl2N2O2/c14-11(15)12(17-6-8-19-9-7-17)16-13(18)10-4-2-1-3-5-10/h1-5,11-12H,6-9H2,(H,16,18)/p+1/t12-/m1/s1. The molecule has 0 saturated carbocycles. The summed E-state index contributed by atoms with van der Waals surface area (Å²) in [7, 11) is 0. The quantitative estimate of drug-likeness (QED) is 0.794. The molecular formula is C13H17Cl2N2O2+. The molecule has 4 nitrogen and oxygen atoms in total. The molecule has 1 heterocycles. The molecule has 1 saturated heterocycles. The van der Waals surface area contributed by atoms with Gasteiger partial charge in [-0.05, 0) is 12.1 Å². The van der Waals surface area contributed by atoms with Crippen LogP contribution in [-0.4, -0.2) is 43.2 Å². The lowest BCUT2D eigenvalue weighted by atomic mass is 10.2. The molecule has 2 N–H and O–H groups in total. The van der Waals surface area contributed by atoms with E-state index in [9.17, 15) is 4.79 Å². The molecule has 1 aliphatic heterocycles. The number of rotatable bonds is 4. The summed E-state index contributed by atoms with van der Waals surface area (Å²) in [6.07, 6.45) is -0.320. The number of carbonyl (C=O) groups excluding carboxylic acids is 1. The summed E-state index contributed by atoms with van der Waals surface area (Å²) in [5, 5.41) is 2.91. The first kappa shape index (κ1) is 14.6. The summed E-state index contributed by atoms with van der Waals surface area (Å²) in [5.41, 5.74) is 0.606. The van der Waals surface area contributed by atoms with E-state index in [1.807, 2.05) is 18.2 Å². The fraction of sp³-hybridized carbons (Fsp3) is 0.462. The minimum atomic E-state index is -0.652. The van der Waals surface area contributed by atoms with Crippen molar-refractivity contribution in [1.29, 1.82) is 0 Å². The van der Waals surface area contributed by atoms with Crippen molar-refractivity contribution in [2.45, 2.75) is 11.0 Å². The van der Waals surface area contributed by atoms with Crippen molar-refractivity contribution >= 4 is 29.1 Å². The van der Waals surface area contributed by atoms with E-state index >= 15 is 0 Å². The summed E-state index contributed by atoms with van der Waals surface area (Å²) in [6.45, 7) is 2.90. The van der Waals surface area contributed by atoms with Crippen LogP contribution in [0.15, 0.2) is 30.3 Å². The highest BCUT2D eigenvalue weighted by molar-refractivity contribution is 6.44. The predicted molar refractivity (Wildman–Crippen MR) is 74.7 cm³/mol. The molecule has 0 unspecified atom stereocenters. The molecule has 1 atom stereocenters. The van der Waals surface area contributed by atoms with Crippen LogP contribution in [0.5, 0.6) is 0 Å². The molecule has 0 aliphatic carbocycles. The number of morpholine rings is 1. The molecule has 104 valence electrons. The molecule has 2 rings (SSSR count). The van der Waals surface area contributed by atoms with Crippen LogP contribution in [-0.2, 0) is 4.74 Å². The maximum absolute atomic E-state index is 12.1. The Bertz CT molecular complexity index is 408. The first-order valence-corrected chi connectivity index (χ1v) is 7.12. The molecule has 1 aliphatic rings. The fourth-order valence-corrected chi connectivity index (χ4v) is 2.58. The van der Waals surface area contributed by atoms with E-state index in [1.54, 1.807) is 12.1 Å². The lowest BCUT2D eigenvalue weighted by Gasteiger charge is -2.32. The molecule has 19 heavy (non-hydrogen) atoms. The number of benzene rings is 1. The Hall–Kier alpha value is -0.810. The Morgan fingerprint density at radius 2 is 1.84 bits per heavy atom. The van der Waals surface area contributed by atoms with E-state index in [0.717, 1.165) is 18.0 Å². The van der Waals surface area contributed by atoms with Crippen LogP contribution in [0, 0.1) is 0 Å². The van der Waals surface area contributed by atoms with E-state index < -0.39 is 4.84 Å². The van der Waals surface area contributed by atoms with Crippen LogP contribution in [0.4, 0.5) is 0 Å². The number of halogens is 2. The third-order valence-corrected chi connectivity index (χ3v) is 3.65. The van der Waals surface area contributed by atoms with Crippen LogP contribution >= 0.6 is 23.2 Å². The number of quaternary nitrogens is 1. The highest BCUT2D eigenvalue weighted by Gasteiger charge is 2.31. The average molecular weight is 304 g/mol. The Balaban J connectivity index is 2.02. The van der Waals surface area contributed by atoms with Gasteiger partial charge in [0.05, 0.1) is 13.2 Å². The number of alkyl halides is 2. The second kappa shape index (κ2) is 7.10. The summed E-state index contributed by atoms with van der Waals surface area (Å²) in [5.74, 6) is -0.157. The number of carbonyl (C=O) groups is 1. The number of hydrogen-bond donors (Lipinski definition) is 2. The Labute approximate surface area is 122 Å². The van der Waals surface area contributed by atoms with Crippen molar-refractivity contribution in [3.05, 3.63) is 35.9 Å². The minimum Gasteiger partial charge on any atom is -0.370 e. The van der Waals surface area contributed by atoms with Gasteiger partial charge in [0.1, 0.15) is 13.1 Å². The van der Waals surface area contributed by atoms with E-state index in [1.165, 1.54) is 0 Å². The monoisotopic (exact) mass is 303 g/mol. The second-order valence-electron chi connectivity index (χ2n) is 4.42. The summed E-state index contributed by atoms with van der Waals surface area (Å²) >= 11 is 12.0. The predicted octanol–water partition coefficient (Wildman–Crippen LogP) is 0.461. The smallest absolute Gasteiger partial charge is 0.255 e. The SMILES string of the molecule is O=C(N[C@@H](C(Cl)Cl)[NH+]1CCOCC1)c1ccccc1. The second-order valence-corrected chi connectivity index (χ2v) is 5.59. The molecule has 1 amide bonds. The van der Waals surface area contributed by atoms with Crippen LogP contribution in [0.1, 0.15) is 10.4 Å². The molecule has 6 heteroatoms. The van der Waals surface area contributed by atoms with E-state index in [2.05, 4.69) is 5.32 Å². The minimum absolute atomic E-state index is 0.157. The van der Waals surface area contributed by atoms with Gasteiger partial charge < -0.3 is 15.0 Å². The first-order chi connectivity index (χ1) is 9.18. The third-order valence-electron chi connectivity index (χ3n) is 3.15.